The van der Waals surface area contributed by atoms with Gasteiger partial charge in [0, 0.05) is 24.7 Å². The molecule has 0 aliphatic carbocycles. The zero-order valence-corrected chi connectivity index (χ0v) is 16.5. The van der Waals surface area contributed by atoms with E-state index in [4.69, 9.17) is 9.84 Å². The Bertz CT molecular complexity index is 595. The second-order valence-electron chi connectivity index (χ2n) is 7.06. The van der Waals surface area contributed by atoms with Crippen LogP contribution in [0.5, 0.6) is 5.75 Å². The van der Waals surface area contributed by atoms with Gasteiger partial charge in [0.05, 0.1) is 13.2 Å². The fourth-order valence-corrected chi connectivity index (χ4v) is 3.53. The number of benzene rings is 1. The highest BCUT2D eigenvalue weighted by Gasteiger charge is 2.27. The molecule has 1 saturated heterocycles. The van der Waals surface area contributed by atoms with Gasteiger partial charge in [-0.1, -0.05) is 26.7 Å². The number of carboxylic acids is 1. The minimum atomic E-state index is -0.799. The predicted octanol–water partition coefficient (Wildman–Crippen LogP) is 3.27. The van der Waals surface area contributed by atoms with Crippen LogP contribution >= 0.6 is 0 Å². The summed E-state index contributed by atoms with van der Waals surface area (Å²) in [5, 5.41) is 9.02. The van der Waals surface area contributed by atoms with Crippen LogP contribution in [-0.4, -0.2) is 65.6 Å². The van der Waals surface area contributed by atoms with Gasteiger partial charge >= 0.3 is 5.97 Å². The second-order valence-corrected chi connectivity index (χ2v) is 7.06. The number of carbonyl (C=O) groups is 2. The second kappa shape index (κ2) is 10.9. The Labute approximate surface area is 162 Å². The molecule has 1 aliphatic rings. The van der Waals surface area contributed by atoms with Crippen LogP contribution in [0.2, 0.25) is 0 Å². The molecule has 0 atom stereocenters. The van der Waals surface area contributed by atoms with Crippen molar-refractivity contribution in [3.05, 3.63) is 29.8 Å². The Morgan fingerprint density at radius 1 is 1.15 bits per heavy atom. The van der Waals surface area contributed by atoms with Gasteiger partial charge in [0.2, 0.25) is 0 Å². The van der Waals surface area contributed by atoms with Gasteiger partial charge in [-0.05, 0) is 50.1 Å². The fraction of sp³-hybridized carbons (Fsp3) is 0.619. The molecule has 1 N–H and O–H groups in total. The van der Waals surface area contributed by atoms with E-state index in [2.05, 4.69) is 6.92 Å². The lowest BCUT2D eigenvalue weighted by molar-refractivity contribution is -0.139. The van der Waals surface area contributed by atoms with Gasteiger partial charge in [-0.2, -0.15) is 0 Å². The van der Waals surface area contributed by atoms with Crippen molar-refractivity contribution in [1.82, 2.24) is 9.80 Å². The molecule has 1 aromatic rings. The van der Waals surface area contributed by atoms with E-state index in [-0.39, 0.29) is 18.5 Å². The summed E-state index contributed by atoms with van der Waals surface area (Å²) in [6.07, 6.45) is 4.99. The first-order valence-electron chi connectivity index (χ1n) is 10.0. The standard InChI is InChI=1S/C21H32N2O4/c1-3-5-6-15-27-19-9-7-17(8-10-19)21(26)23-13-11-18(12-14-23)22(4-2)16-20(24)25/h7-10,18H,3-6,11-16H2,1-2H3,(H,24,25). The molecule has 6 heteroatoms. The molecule has 0 radical (unpaired) electrons. The lowest BCUT2D eigenvalue weighted by atomic mass is 10.0. The Balaban J connectivity index is 1.83. The lowest BCUT2D eigenvalue weighted by Crippen LogP contribution is -2.48. The molecule has 0 unspecified atom stereocenters. The summed E-state index contributed by atoms with van der Waals surface area (Å²) in [7, 11) is 0. The van der Waals surface area contributed by atoms with Crippen LogP contribution in [0.1, 0.15) is 56.3 Å². The number of piperidine rings is 1. The normalized spacial score (nSPS) is 15.1. The molecule has 150 valence electrons. The molecule has 1 heterocycles. The average Bonchev–Trinajstić information content (AvgIpc) is 2.69. The summed E-state index contributed by atoms with van der Waals surface area (Å²) in [5.41, 5.74) is 0.673. The topological polar surface area (TPSA) is 70.1 Å². The molecule has 0 spiro atoms. The minimum Gasteiger partial charge on any atom is -0.494 e. The number of likely N-dealkylation sites (N-methyl/N-ethyl adjacent to an activating group) is 1. The molecule has 6 nitrogen and oxygen atoms in total. The molecule has 1 aliphatic heterocycles. The summed E-state index contributed by atoms with van der Waals surface area (Å²) in [5.74, 6) is 0.0354. The van der Waals surface area contributed by atoms with E-state index in [0.29, 0.717) is 31.8 Å². The fourth-order valence-electron chi connectivity index (χ4n) is 3.53. The number of amides is 1. The van der Waals surface area contributed by atoms with Crippen molar-refractivity contribution in [3.63, 3.8) is 0 Å². The number of carbonyl (C=O) groups excluding carboxylic acids is 1. The molecule has 27 heavy (non-hydrogen) atoms. The van der Waals surface area contributed by atoms with Crippen LogP contribution in [0, 0.1) is 0 Å². The number of aliphatic carboxylic acids is 1. The van der Waals surface area contributed by atoms with E-state index in [1.807, 2.05) is 41.0 Å². The van der Waals surface area contributed by atoms with Crippen LogP contribution in [0.4, 0.5) is 0 Å². The lowest BCUT2D eigenvalue weighted by Gasteiger charge is -2.37. The first-order chi connectivity index (χ1) is 13.0. The number of nitrogens with zero attached hydrogens (tertiary/aromatic N) is 2. The number of unbranched alkanes of at least 4 members (excludes halogenated alkanes) is 2. The maximum Gasteiger partial charge on any atom is 0.317 e. The zero-order valence-electron chi connectivity index (χ0n) is 16.5. The molecule has 1 aromatic carbocycles. The van der Waals surface area contributed by atoms with Gasteiger partial charge in [0.1, 0.15) is 5.75 Å². The molecular weight excluding hydrogens is 344 g/mol. The summed E-state index contributed by atoms with van der Waals surface area (Å²) >= 11 is 0. The zero-order chi connectivity index (χ0) is 19.6. The van der Waals surface area contributed by atoms with E-state index < -0.39 is 5.97 Å². The van der Waals surface area contributed by atoms with Crippen molar-refractivity contribution in [2.45, 2.75) is 52.0 Å². The summed E-state index contributed by atoms with van der Waals surface area (Å²) < 4.78 is 5.69. The largest absolute Gasteiger partial charge is 0.494 e. The van der Waals surface area contributed by atoms with Gasteiger partial charge < -0.3 is 14.7 Å². The number of carboxylic acid groups (broad SMARTS) is 1. The molecule has 1 fully saturated rings. The minimum absolute atomic E-state index is 0.0345. The van der Waals surface area contributed by atoms with Crippen molar-refractivity contribution in [1.29, 1.82) is 0 Å². The highest BCUT2D eigenvalue weighted by molar-refractivity contribution is 5.94. The van der Waals surface area contributed by atoms with Crippen molar-refractivity contribution >= 4 is 11.9 Å². The van der Waals surface area contributed by atoms with E-state index in [0.717, 1.165) is 31.4 Å². The maximum atomic E-state index is 12.7. The number of rotatable bonds is 10. The average molecular weight is 376 g/mol. The van der Waals surface area contributed by atoms with E-state index in [1.165, 1.54) is 6.42 Å². The maximum absolute atomic E-state index is 12.7. The van der Waals surface area contributed by atoms with E-state index in [1.54, 1.807) is 0 Å². The molecule has 0 bridgehead atoms. The van der Waals surface area contributed by atoms with Crippen molar-refractivity contribution in [3.8, 4) is 5.75 Å². The Morgan fingerprint density at radius 3 is 2.37 bits per heavy atom. The van der Waals surface area contributed by atoms with Gasteiger partial charge in [-0.25, -0.2) is 0 Å². The molecule has 1 amide bonds. The molecule has 2 rings (SSSR count). The van der Waals surface area contributed by atoms with Gasteiger partial charge in [-0.15, -0.1) is 0 Å². The molecule has 0 saturated carbocycles. The quantitative estimate of drug-likeness (QED) is 0.635. The summed E-state index contributed by atoms with van der Waals surface area (Å²) in [6, 6.07) is 7.60. The Kier molecular flexibility index (Phi) is 8.58. The van der Waals surface area contributed by atoms with Crippen molar-refractivity contribution in [2.75, 3.05) is 32.8 Å². The first kappa shape index (κ1) is 21.2. The van der Waals surface area contributed by atoms with Gasteiger partial charge in [0.15, 0.2) is 0 Å². The molecular formula is C21H32N2O4. The first-order valence-corrected chi connectivity index (χ1v) is 10.0. The van der Waals surface area contributed by atoms with Crippen LogP contribution in [-0.2, 0) is 4.79 Å². The predicted molar refractivity (Wildman–Crippen MR) is 105 cm³/mol. The highest BCUT2D eigenvalue weighted by Crippen LogP contribution is 2.20. The number of hydrogen-bond donors (Lipinski definition) is 1. The van der Waals surface area contributed by atoms with Gasteiger partial charge in [0.25, 0.3) is 5.91 Å². The number of hydrogen-bond acceptors (Lipinski definition) is 4. The smallest absolute Gasteiger partial charge is 0.317 e. The van der Waals surface area contributed by atoms with Crippen molar-refractivity contribution < 1.29 is 19.4 Å². The van der Waals surface area contributed by atoms with Crippen LogP contribution in [0.15, 0.2) is 24.3 Å². The SMILES string of the molecule is CCCCCOc1ccc(C(=O)N2CCC(N(CC)CC(=O)O)CC2)cc1. The van der Waals surface area contributed by atoms with Gasteiger partial charge in [-0.3, -0.25) is 14.5 Å². The summed E-state index contributed by atoms with van der Waals surface area (Å²) in [6.45, 7) is 6.95. The highest BCUT2D eigenvalue weighted by atomic mass is 16.5. The van der Waals surface area contributed by atoms with E-state index >= 15 is 0 Å². The molecule has 0 aromatic heterocycles. The Morgan fingerprint density at radius 2 is 1.81 bits per heavy atom. The number of likely N-dealkylation sites (tertiary alicyclic amines) is 1. The Hall–Kier alpha value is -2.08. The third kappa shape index (κ3) is 6.54. The number of ether oxygens (including phenoxy) is 1. The van der Waals surface area contributed by atoms with Crippen LogP contribution < -0.4 is 4.74 Å². The van der Waals surface area contributed by atoms with Crippen LogP contribution in [0.3, 0.4) is 0 Å². The van der Waals surface area contributed by atoms with Crippen molar-refractivity contribution in [2.24, 2.45) is 0 Å². The van der Waals surface area contributed by atoms with E-state index in [9.17, 15) is 9.59 Å². The monoisotopic (exact) mass is 376 g/mol. The van der Waals surface area contributed by atoms with Crippen LogP contribution in [0.25, 0.3) is 0 Å². The summed E-state index contributed by atoms with van der Waals surface area (Å²) in [4.78, 5) is 27.5. The third-order valence-electron chi connectivity index (χ3n) is 5.13. The third-order valence-corrected chi connectivity index (χ3v) is 5.13.